The molecule has 1 amide bonds. The van der Waals surface area contributed by atoms with Crippen LogP contribution in [0.5, 0.6) is 0 Å². The van der Waals surface area contributed by atoms with Gasteiger partial charge in [-0.15, -0.1) is 0 Å². The highest BCUT2D eigenvalue weighted by Crippen LogP contribution is 2.28. The molecule has 3 heterocycles. The van der Waals surface area contributed by atoms with E-state index in [4.69, 9.17) is 4.98 Å². The zero-order chi connectivity index (χ0) is 18.6. The van der Waals surface area contributed by atoms with Crippen LogP contribution in [0.25, 0.3) is 11.3 Å². The van der Waals surface area contributed by atoms with Gasteiger partial charge in [-0.05, 0) is 38.0 Å². The molecule has 4 rings (SSSR count). The molecular weight excluding hydrogens is 336 g/mol. The van der Waals surface area contributed by atoms with Crippen molar-refractivity contribution < 1.29 is 4.79 Å². The largest absolute Gasteiger partial charge is 0.338 e. The molecule has 1 aliphatic heterocycles. The van der Waals surface area contributed by atoms with Crippen molar-refractivity contribution >= 4 is 5.91 Å². The highest BCUT2D eigenvalue weighted by molar-refractivity contribution is 5.94. The summed E-state index contributed by atoms with van der Waals surface area (Å²) in [5.74, 6) is 0.243. The minimum Gasteiger partial charge on any atom is -0.338 e. The van der Waals surface area contributed by atoms with Crippen molar-refractivity contribution in [2.75, 3.05) is 13.1 Å². The van der Waals surface area contributed by atoms with E-state index in [-0.39, 0.29) is 11.8 Å². The summed E-state index contributed by atoms with van der Waals surface area (Å²) in [6, 6.07) is 11.9. The van der Waals surface area contributed by atoms with Gasteiger partial charge in [0.1, 0.15) is 0 Å². The second-order valence-corrected chi connectivity index (χ2v) is 7.03. The van der Waals surface area contributed by atoms with E-state index in [2.05, 4.69) is 35.1 Å². The fourth-order valence-corrected chi connectivity index (χ4v) is 3.60. The number of amides is 1. The van der Waals surface area contributed by atoms with E-state index in [0.29, 0.717) is 12.1 Å². The number of carbonyl (C=O) groups excluding carboxylic acids is 1. The number of carbonyl (C=O) groups is 1. The normalized spacial score (nSPS) is 16.9. The fourth-order valence-electron chi connectivity index (χ4n) is 3.60. The second kappa shape index (κ2) is 7.66. The molecule has 0 saturated carbocycles. The summed E-state index contributed by atoms with van der Waals surface area (Å²) in [6.07, 6.45) is 8.93. The Morgan fingerprint density at radius 3 is 2.85 bits per heavy atom. The maximum Gasteiger partial charge on any atom is 0.255 e. The lowest BCUT2D eigenvalue weighted by Gasteiger charge is -2.32. The van der Waals surface area contributed by atoms with Gasteiger partial charge in [-0.3, -0.25) is 14.8 Å². The lowest BCUT2D eigenvalue weighted by molar-refractivity contribution is 0.0705. The number of hydrogen-bond acceptors (Lipinski definition) is 4. The minimum absolute atomic E-state index is 0.0376. The molecule has 0 N–H and O–H groups in total. The van der Waals surface area contributed by atoms with Gasteiger partial charge in [-0.1, -0.05) is 23.8 Å². The van der Waals surface area contributed by atoms with Gasteiger partial charge in [0.15, 0.2) is 0 Å². The first-order chi connectivity index (χ1) is 13.2. The van der Waals surface area contributed by atoms with Crippen LogP contribution in [-0.2, 0) is 0 Å². The van der Waals surface area contributed by atoms with Gasteiger partial charge in [0.25, 0.3) is 5.91 Å². The summed E-state index contributed by atoms with van der Waals surface area (Å²) >= 11 is 0. The van der Waals surface area contributed by atoms with Crippen molar-refractivity contribution in [1.82, 2.24) is 19.9 Å². The van der Waals surface area contributed by atoms with Crippen molar-refractivity contribution in [3.63, 3.8) is 0 Å². The summed E-state index contributed by atoms with van der Waals surface area (Å²) in [5.41, 5.74) is 4.75. The molecule has 3 aromatic rings. The Balaban J connectivity index is 1.55. The highest BCUT2D eigenvalue weighted by atomic mass is 16.2. The smallest absolute Gasteiger partial charge is 0.255 e. The Morgan fingerprint density at radius 1 is 1.11 bits per heavy atom. The number of piperidine rings is 1. The number of rotatable bonds is 3. The first-order valence-corrected chi connectivity index (χ1v) is 9.29. The Kier molecular flexibility index (Phi) is 4.92. The number of benzene rings is 1. The molecule has 27 heavy (non-hydrogen) atoms. The predicted molar refractivity (Wildman–Crippen MR) is 104 cm³/mol. The third-order valence-corrected chi connectivity index (χ3v) is 5.00. The Morgan fingerprint density at radius 2 is 2.04 bits per heavy atom. The molecule has 0 aliphatic carbocycles. The minimum atomic E-state index is 0.0376. The lowest BCUT2D eigenvalue weighted by atomic mass is 9.94. The molecule has 1 aliphatic rings. The first kappa shape index (κ1) is 17.3. The van der Waals surface area contributed by atoms with E-state index >= 15 is 0 Å². The number of aromatic nitrogens is 3. The van der Waals surface area contributed by atoms with Gasteiger partial charge in [-0.2, -0.15) is 0 Å². The maximum absolute atomic E-state index is 12.8. The molecule has 136 valence electrons. The fraction of sp³-hybridized carbons (Fsp3) is 0.273. The molecule has 1 saturated heterocycles. The number of aryl methyl sites for hydroxylation is 1. The van der Waals surface area contributed by atoms with Gasteiger partial charge in [0, 0.05) is 43.2 Å². The molecule has 2 aromatic heterocycles. The quantitative estimate of drug-likeness (QED) is 0.713. The van der Waals surface area contributed by atoms with Crippen molar-refractivity contribution in [3.8, 4) is 11.3 Å². The summed E-state index contributed by atoms with van der Waals surface area (Å²) in [6.45, 7) is 3.51. The van der Waals surface area contributed by atoms with Crippen LogP contribution < -0.4 is 0 Å². The molecule has 5 nitrogen and oxygen atoms in total. The SMILES string of the molecule is Cc1cccc(-c2cncc([C@@H]3CCCN(C(=O)c4cccnc4)C3)n2)c1. The standard InChI is InChI=1S/C22H22N4O/c1-16-5-2-6-17(11-16)20-13-24-14-21(25-20)19-8-4-10-26(15-19)22(27)18-7-3-9-23-12-18/h2-3,5-7,9,11-14,19H,4,8,10,15H2,1H3/t19-/m1/s1. The van der Waals surface area contributed by atoms with E-state index in [1.54, 1.807) is 24.7 Å². The van der Waals surface area contributed by atoms with Crippen LogP contribution in [0.15, 0.2) is 61.2 Å². The van der Waals surface area contributed by atoms with E-state index < -0.39 is 0 Å². The molecule has 1 atom stereocenters. The predicted octanol–water partition coefficient (Wildman–Crippen LogP) is 3.87. The molecule has 0 spiro atoms. The summed E-state index contributed by atoms with van der Waals surface area (Å²) in [5, 5.41) is 0. The molecule has 0 unspecified atom stereocenters. The maximum atomic E-state index is 12.8. The Hall–Kier alpha value is -3.08. The number of hydrogen-bond donors (Lipinski definition) is 0. The molecule has 0 radical (unpaired) electrons. The average Bonchev–Trinajstić information content (AvgIpc) is 2.74. The zero-order valence-electron chi connectivity index (χ0n) is 15.4. The van der Waals surface area contributed by atoms with Crippen molar-refractivity contribution in [2.45, 2.75) is 25.7 Å². The third kappa shape index (κ3) is 3.87. The van der Waals surface area contributed by atoms with Crippen LogP contribution in [0.3, 0.4) is 0 Å². The van der Waals surface area contributed by atoms with E-state index in [0.717, 1.165) is 36.3 Å². The van der Waals surface area contributed by atoms with Crippen LogP contribution in [-0.4, -0.2) is 38.8 Å². The van der Waals surface area contributed by atoms with Crippen molar-refractivity contribution in [2.24, 2.45) is 0 Å². The topological polar surface area (TPSA) is 59.0 Å². The van der Waals surface area contributed by atoms with E-state index in [1.165, 1.54) is 5.56 Å². The molecule has 1 fully saturated rings. The van der Waals surface area contributed by atoms with Crippen LogP contribution in [0, 0.1) is 6.92 Å². The lowest BCUT2D eigenvalue weighted by Crippen LogP contribution is -2.39. The zero-order valence-corrected chi connectivity index (χ0v) is 15.4. The number of likely N-dealkylation sites (tertiary alicyclic amines) is 1. The van der Waals surface area contributed by atoms with Gasteiger partial charge < -0.3 is 4.90 Å². The van der Waals surface area contributed by atoms with Gasteiger partial charge in [0.2, 0.25) is 0 Å². The number of pyridine rings is 1. The number of nitrogens with zero attached hydrogens (tertiary/aromatic N) is 4. The van der Waals surface area contributed by atoms with Crippen LogP contribution in [0.2, 0.25) is 0 Å². The van der Waals surface area contributed by atoms with E-state index in [9.17, 15) is 4.79 Å². The van der Waals surface area contributed by atoms with E-state index in [1.807, 2.05) is 23.2 Å². The van der Waals surface area contributed by atoms with Crippen molar-refractivity contribution in [3.05, 3.63) is 78.0 Å². The molecule has 1 aromatic carbocycles. The van der Waals surface area contributed by atoms with Crippen LogP contribution in [0.4, 0.5) is 0 Å². The molecule has 0 bridgehead atoms. The first-order valence-electron chi connectivity index (χ1n) is 9.29. The summed E-state index contributed by atoms with van der Waals surface area (Å²) in [7, 11) is 0. The molecular formula is C22H22N4O. The second-order valence-electron chi connectivity index (χ2n) is 7.03. The van der Waals surface area contributed by atoms with Gasteiger partial charge in [-0.25, -0.2) is 4.98 Å². The van der Waals surface area contributed by atoms with Crippen LogP contribution >= 0.6 is 0 Å². The highest BCUT2D eigenvalue weighted by Gasteiger charge is 2.26. The molecule has 5 heteroatoms. The summed E-state index contributed by atoms with van der Waals surface area (Å²) in [4.78, 5) is 28.0. The Labute approximate surface area is 159 Å². The van der Waals surface area contributed by atoms with Gasteiger partial charge in [0.05, 0.1) is 23.1 Å². The summed E-state index contributed by atoms with van der Waals surface area (Å²) < 4.78 is 0. The monoisotopic (exact) mass is 358 g/mol. The van der Waals surface area contributed by atoms with Gasteiger partial charge >= 0.3 is 0 Å². The third-order valence-electron chi connectivity index (χ3n) is 5.00. The average molecular weight is 358 g/mol. The Bertz CT molecular complexity index is 942. The van der Waals surface area contributed by atoms with Crippen LogP contribution in [0.1, 0.15) is 40.4 Å². The van der Waals surface area contributed by atoms with Crippen molar-refractivity contribution in [1.29, 1.82) is 0 Å².